The predicted octanol–water partition coefficient (Wildman–Crippen LogP) is 21.7. The van der Waals surface area contributed by atoms with E-state index in [-0.39, 0.29) is 31.1 Å². The number of ether oxygens (including phenoxy) is 3. The number of hydrogen-bond acceptors (Lipinski definition) is 6. The molecule has 0 bridgehead atoms. The zero-order valence-electron chi connectivity index (χ0n) is 49.3. The Bertz CT molecular complexity index is 1480. The Morgan fingerprint density at radius 1 is 0.280 bits per heavy atom. The highest BCUT2D eigenvalue weighted by molar-refractivity contribution is 5.71. The summed E-state index contributed by atoms with van der Waals surface area (Å²) in [5, 5.41) is 0. The predicted molar refractivity (Wildman–Crippen MR) is 325 cm³/mol. The molecule has 0 N–H and O–H groups in total. The summed E-state index contributed by atoms with van der Waals surface area (Å²) in [5.41, 5.74) is 0. The van der Waals surface area contributed by atoms with Gasteiger partial charge in [-0.1, -0.05) is 279 Å². The molecule has 6 heteroatoms. The van der Waals surface area contributed by atoms with Crippen LogP contribution in [0.2, 0.25) is 0 Å². The van der Waals surface area contributed by atoms with Gasteiger partial charge in [-0.3, -0.25) is 14.4 Å². The summed E-state index contributed by atoms with van der Waals surface area (Å²) < 4.78 is 16.9. The first-order valence-corrected chi connectivity index (χ1v) is 31.7. The molecule has 0 amide bonds. The van der Waals surface area contributed by atoms with E-state index in [1.165, 1.54) is 141 Å². The normalized spacial score (nSPS) is 12.7. The van der Waals surface area contributed by atoms with Crippen LogP contribution in [0, 0.1) is 0 Å². The Morgan fingerprint density at radius 3 is 0.853 bits per heavy atom. The monoisotopic (exact) mass is 1040 g/mol. The summed E-state index contributed by atoms with van der Waals surface area (Å²) in [7, 11) is 0. The molecule has 0 aliphatic carbocycles. The standard InChI is InChI=1S/C69H118O6/c1-4-7-10-13-16-19-22-25-28-31-34-37-40-43-46-49-52-55-58-61-67(70)73-64-66(75-69(72)63-60-57-54-51-48-45-42-39-36-33-30-27-24-21-18-15-12-9-6-3)65-74-68(71)62-59-56-53-50-47-44-41-38-35-32-29-26-23-20-17-14-11-8-5-2/h7,10,16,18-19,21,25,27-28,30,34,36-37,39,43,46,66H,4-6,8-9,11-15,17,20,22-24,26,29,31-33,35,38,40-42,44-45,47-65H2,1-3H3/b10-7-,19-16-,21-18-,28-25-,30-27-,37-34-,39-36-,46-43-/t66-/m0/s1. The highest BCUT2D eigenvalue weighted by atomic mass is 16.6. The molecule has 0 spiro atoms. The average molecular weight is 1040 g/mol. The number of hydrogen-bond donors (Lipinski definition) is 0. The maximum atomic E-state index is 12.9. The summed E-state index contributed by atoms with van der Waals surface area (Å²) >= 11 is 0. The minimum absolute atomic E-state index is 0.0918. The van der Waals surface area contributed by atoms with Crippen molar-refractivity contribution in [3.63, 3.8) is 0 Å². The van der Waals surface area contributed by atoms with Crippen molar-refractivity contribution in [1.82, 2.24) is 0 Å². The fourth-order valence-electron chi connectivity index (χ4n) is 8.83. The Hall–Kier alpha value is -3.67. The van der Waals surface area contributed by atoms with Crippen LogP contribution in [0.25, 0.3) is 0 Å². The van der Waals surface area contributed by atoms with E-state index in [9.17, 15) is 14.4 Å². The SMILES string of the molecule is CC/C=C\C/C=C\C/C=C\C/C=C\C/C=C\CCCCCC(=O)OC[C@@H](COC(=O)CCCCCCCCCCCCCCCCCCCCC)OC(=O)CCCCCCCC/C=C\C/C=C\C/C=C\CCCCC. The second-order valence-corrected chi connectivity index (χ2v) is 20.9. The lowest BCUT2D eigenvalue weighted by molar-refractivity contribution is -0.167. The van der Waals surface area contributed by atoms with Crippen molar-refractivity contribution >= 4 is 17.9 Å². The highest BCUT2D eigenvalue weighted by Crippen LogP contribution is 2.16. The van der Waals surface area contributed by atoms with Gasteiger partial charge >= 0.3 is 17.9 Å². The van der Waals surface area contributed by atoms with Crippen LogP contribution < -0.4 is 0 Å². The van der Waals surface area contributed by atoms with Crippen LogP contribution in [0.15, 0.2) is 97.2 Å². The van der Waals surface area contributed by atoms with Crippen molar-refractivity contribution in [2.75, 3.05) is 13.2 Å². The molecule has 0 heterocycles. The third kappa shape index (κ3) is 61.1. The number of esters is 3. The van der Waals surface area contributed by atoms with Gasteiger partial charge in [-0.05, 0) is 103 Å². The average Bonchev–Trinajstić information content (AvgIpc) is 3.41. The first kappa shape index (κ1) is 71.3. The van der Waals surface area contributed by atoms with Crippen LogP contribution in [0.1, 0.15) is 303 Å². The van der Waals surface area contributed by atoms with E-state index in [2.05, 4.69) is 118 Å². The Labute approximate surface area is 464 Å². The van der Waals surface area contributed by atoms with Gasteiger partial charge in [-0.25, -0.2) is 0 Å². The van der Waals surface area contributed by atoms with Crippen molar-refractivity contribution in [3.05, 3.63) is 97.2 Å². The number of rotatable bonds is 57. The van der Waals surface area contributed by atoms with Gasteiger partial charge in [-0.15, -0.1) is 0 Å². The van der Waals surface area contributed by atoms with E-state index in [0.717, 1.165) is 122 Å². The summed E-state index contributed by atoms with van der Waals surface area (Å²) in [5.74, 6) is -0.927. The van der Waals surface area contributed by atoms with Gasteiger partial charge in [-0.2, -0.15) is 0 Å². The van der Waals surface area contributed by atoms with E-state index in [1.807, 2.05) is 0 Å². The molecule has 0 aromatic carbocycles. The van der Waals surface area contributed by atoms with Crippen molar-refractivity contribution in [2.24, 2.45) is 0 Å². The molecule has 0 fully saturated rings. The Morgan fingerprint density at radius 2 is 0.520 bits per heavy atom. The van der Waals surface area contributed by atoms with Crippen LogP contribution in [0.5, 0.6) is 0 Å². The van der Waals surface area contributed by atoms with Gasteiger partial charge in [0.15, 0.2) is 6.10 Å². The summed E-state index contributed by atoms with van der Waals surface area (Å²) in [6.07, 6.45) is 84.0. The largest absolute Gasteiger partial charge is 0.462 e. The molecule has 0 aromatic rings. The molecule has 0 aliphatic rings. The van der Waals surface area contributed by atoms with Gasteiger partial charge < -0.3 is 14.2 Å². The Kier molecular flexibility index (Phi) is 59.8. The van der Waals surface area contributed by atoms with E-state index in [0.29, 0.717) is 19.3 Å². The molecule has 0 saturated carbocycles. The van der Waals surface area contributed by atoms with Crippen LogP contribution in [-0.2, 0) is 28.6 Å². The molecule has 430 valence electrons. The van der Waals surface area contributed by atoms with Gasteiger partial charge in [0.1, 0.15) is 13.2 Å². The third-order valence-corrected chi connectivity index (χ3v) is 13.6. The summed E-state index contributed by atoms with van der Waals surface area (Å²) in [6.45, 7) is 6.49. The minimum atomic E-state index is -0.799. The van der Waals surface area contributed by atoms with E-state index in [1.54, 1.807) is 0 Å². The first-order valence-electron chi connectivity index (χ1n) is 31.7. The van der Waals surface area contributed by atoms with E-state index in [4.69, 9.17) is 14.2 Å². The number of carbonyl (C=O) groups is 3. The van der Waals surface area contributed by atoms with Crippen LogP contribution >= 0.6 is 0 Å². The molecule has 0 radical (unpaired) electrons. The molecule has 75 heavy (non-hydrogen) atoms. The molecule has 1 atom stereocenters. The number of unbranched alkanes of at least 4 members (excludes halogenated alkanes) is 30. The van der Waals surface area contributed by atoms with Crippen LogP contribution in [0.3, 0.4) is 0 Å². The lowest BCUT2D eigenvalue weighted by atomic mass is 10.0. The second-order valence-electron chi connectivity index (χ2n) is 20.9. The third-order valence-electron chi connectivity index (χ3n) is 13.6. The molecule has 0 aliphatic heterocycles. The van der Waals surface area contributed by atoms with Gasteiger partial charge in [0.25, 0.3) is 0 Å². The zero-order chi connectivity index (χ0) is 54.3. The van der Waals surface area contributed by atoms with Crippen LogP contribution in [0.4, 0.5) is 0 Å². The maximum Gasteiger partial charge on any atom is 0.306 e. The summed E-state index contributed by atoms with van der Waals surface area (Å²) in [6, 6.07) is 0. The zero-order valence-corrected chi connectivity index (χ0v) is 49.3. The quantitative estimate of drug-likeness (QED) is 0.0261. The highest BCUT2D eigenvalue weighted by Gasteiger charge is 2.19. The lowest BCUT2D eigenvalue weighted by Gasteiger charge is -2.18. The van der Waals surface area contributed by atoms with Crippen molar-refractivity contribution < 1.29 is 28.6 Å². The van der Waals surface area contributed by atoms with E-state index < -0.39 is 6.10 Å². The van der Waals surface area contributed by atoms with Gasteiger partial charge in [0.2, 0.25) is 0 Å². The molecular formula is C69H118O6. The molecular weight excluding hydrogens is 925 g/mol. The molecule has 0 aromatic heterocycles. The smallest absolute Gasteiger partial charge is 0.306 e. The van der Waals surface area contributed by atoms with Crippen molar-refractivity contribution in [2.45, 2.75) is 309 Å². The number of carbonyl (C=O) groups excluding carboxylic acids is 3. The Balaban J connectivity index is 4.45. The van der Waals surface area contributed by atoms with Gasteiger partial charge in [0, 0.05) is 19.3 Å². The number of allylic oxidation sites excluding steroid dienone is 16. The van der Waals surface area contributed by atoms with Crippen molar-refractivity contribution in [1.29, 1.82) is 0 Å². The summed E-state index contributed by atoms with van der Waals surface area (Å²) in [4.78, 5) is 38.3. The fraction of sp³-hybridized carbons (Fsp3) is 0.725. The van der Waals surface area contributed by atoms with Crippen LogP contribution in [-0.4, -0.2) is 37.2 Å². The molecule has 6 nitrogen and oxygen atoms in total. The fourth-order valence-corrected chi connectivity index (χ4v) is 8.83. The lowest BCUT2D eigenvalue weighted by Crippen LogP contribution is -2.30. The maximum absolute atomic E-state index is 12.9. The topological polar surface area (TPSA) is 78.9 Å². The van der Waals surface area contributed by atoms with Gasteiger partial charge in [0.05, 0.1) is 0 Å². The molecule has 0 saturated heterocycles. The minimum Gasteiger partial charge on any atom is -0.462 e. The first-order chi connectivity index (χ1) is 37.0. The van der Waals surface area contributed by atoms with E-state index >= 15 is 0 Å². The molecule has 0 rings (SSSR count). The molecule has 0 unspecified atom stereocenters. The second kappa shape index (κ2) is 62.9. The van der Waals surface area contributed by atoms with Crippen molar-refractivity contribution in [3.8, 4) is 0 Å².